The fourth-order valence-electron chi connectivity index (χ4n) is 1.40. The highest BCUT2D eigenvalue weighted by atomic mass is 16.5. The molecule has 0 spiro atoms. The van der Waals surface area contributed by atoms with Crippen molar-refractivity contribution in [1.82, 2.24) is 9.97 Å². The Labute approximate surface area is 99.4 Å². The minimum Gasteiger partial charge on any atom is -0.477 e. The van der Waals surface area contributed by atoms with Gasteiger partial charge in [0.1, 0.15) is 5.76 Å². The third-order valence-electron chi connectivity index (χ3n) is 2.07. The van der Waals surface area contributed by atoms with Gasteiger partial charge < -0.3 is 13.9 Å². The summed E-state index contributed by atoms with van der Waals surface area (Å²) in [6, 6.07) is 3.95. The molecule has 17 heavy (non-hydrogen) atoms. The molecule has 0 aliphatic carbocycles. The van der Waals surface area contributed by atoms with Crippen molar-refractivity contribution >= 4 is 0 Å². The number of furan rings is 1. The van der Waals surface area contributed by atoms with Crippen molar-refractivity contribution < 1.29 is 13.9 Å². The molecular weight excluding hydrogens is 220 g/mol. The molecule has 0 aliphatic heterocycles. The maximum atomic E-state index is 5.46. The van der Waals surface area contributed by atoms with Gasteiger partial charge in [-0.1, -0.05) is 0 Å². The first-order valence-corrected chi connectivity index (χ1v) is 5.51. The Morgan fingerprint density at radius 3 is 2.71 bits per heavy atom. The molecule has 0 aliphatic rings. The maximum absolute atomic E-state index is 5.46. The number of rotatable bonds is 5. The Bertz CT molecular complexity index is 469. The lowest BCUT2D eigenvalue weighted by molar-refractivity contribution is 0.289. The fraction of sp³-hybridized carbons (Fsp3) is 0.333. The van der Waals surface area contributed by atoms with E-state index < -0.39 is 0 Å². The van der Waals surface area contributed by atoms with E-state index in [9.17, 15) is 0 Å². The highest BCUT2D eigenvalue weighted by molar-refractivity contribution is 5.62. The van der Waals surface area contributed by atoms with E-state index in [1.54, 1.807) is 12.5 Å². The normalized spacial score (nSPS) is 10.2. The molecule has 0 amide bonds. The van der Waals surface area contributed by atoms with E-state index in [1.807, 2.05) is 26.0 Å². The van der Waals surface area contributed by atoms with Gasteiger partial charge >= 0.3 is 6.01 Å². The number of ether oxygens (including phenoxy) is 2. The lowest BCUT2D eigenvalue weighted by Crippen LogP contribution is -2.02. The van der Waals surface area contributed by atoms with Crippen LogP contribution in [0.25, 0.3) is 11.3 Å². The van der Waals surface area contributed by atoms with Crippen molar-refractivity contribution in [3.05, 3.63) is 24.6 Å². The predicted molar refractivity (Wildman–Crippen MR) is 62.1 cm³/mol. The molecule has 0 aromatic carbocycles. The molecule has 0 atom stereocenters. The van der Waals surface area contributed by atoms with Gasteiger partial charge in [0.15, 0.2) is 0 Å². The van der Waals surface area contributed by atoms with Gasteiger partial charge in [0.05, 0.1) is 25.0 Å². The summed E-state index contributed by atoms with van der Waals surface area (Å²) >= 11 is 0. The van der Waals surface area contributed by atoms with Crippen molar-refractivity contribution in [2.45, 2.75) is 13.8 Å². The molecule has 2 heterocycles. The van der Waals surface area contributed by atoms with E-state index in [0.29, 0.717) is 30.9 Å². The van der Waals surface area contributed by atoms with Crippen molar-refractivity contribution in [2.75, 3.05) is 13.2 Å². The molecule has 2 aromatic rings. The van der Waals surface area contributed by atoms with Crippen LogP contribution < -0.4 is 9.47 Å². The van der Waals surface area contributed by atoms with Crippen LogP contribution in [0, 0.1) is 0 Å². The molecule has 2 rings (SSSR count). The van der Waals surface area contributed by atoms with E-state index in [-0.39, 0.29) is 0 Å². The largest absolute Gasteiger partial charge is 0.477 e. The topological polar surface area (TPSA) is 57.4 Å². The molecule has 0 saturated heterocycles. The average molecular weight is 234 g/mol. The van der Waals surface area contributed by atoms with E-state index in [2.05, 4.69) is 9.97 Å². The Morgan fingerprint density at radius 1 is 1.24 bits per heavy atom. The summed E-state index contributed by atoms with van der Waals surface area (Å²) in [6.45, 7) is 4.82. The Kier molecular flexibility index (Phi) is 3.59. The quantitative estimate of drug-likeness (QED) is 0.795. The summed E-state index contributed by atoms with van der Waals surface area (Å²) < 4.78 is 16.0. The van der Waals surface area contributed by atoms with Crippen LogP contribution in [0.2, 0.25) is 0 Å². The monoisotopic (exact) mass is 234 g/mol. The molecule has 5 heteroatoms. The van der Waals surface area contributed by atoms with Gasteiger partial charge in [-0.15, -0.1) is 0 Å². The van der Waals surface area contributed by atoms with Gasteiger partial charge in [-0.3, -0.25) is 0 Å². The van der Waals surface area contributed by atoms with Crippen molar-refractivity contribution in [1.29, 1.82) is 0 Å². The summed E-state index contributed by atoms with van der Waals surface area (Å²) in [5.41, 5.74) is 0.723. The molecule has 0 radical (unpaired) electrons. The first-order valence-electron chi connectivity index (χ1n) is 5.51. The summed E-state index contributed by atoms with van der Waals surface area (Å²) in [6.07, 6.45) is 3.24. The molecule has 0 N–H and O–H groups in total. The minimum atomic E-state index is 0.311. The molecule has 90 valence electrons. The summed E-state index contributed by atoms with van der Waals surface area (Å²) in [7, 11) is 0. The molecule has 5 nitrogen and oxygen atoms in total. The third kappa shape index (κ3) is 2.55. The lowest BCUT2D eigenvalue weighted by Gasteiger charge is -2.08. The number of nitrogens with zero attached hydrogens (tertiary/aromatic N) is 2. The molecule has 2 aromatic heterocycles. The third-order valence-corrected chi connectivity index (χ3v) is 2.07. The van der Waals surface area contributed by atoms with Crippen LogP contribution in [0.4, 0.5) is 0 Å². The Hall–Kier alpha value is -2.04. The van der Waals surface area contributed by atoms with Crippen LogP contribution in [0.15, 0.2) is 29.0 Å². The van der Waals surface area contributed by atoms with Crippen LogP contribution in [0.5, 0.6) is 11.9 Å². The highest BCUT2D eigenvalue weighted by Gasteiger charge is 2.13. The van der Waals surface area contributed by atoms with Crippen LogP contribution in [-0.2, 0) is 0 Å². The minimum absolute atomic E-state index is 0.311. The molecule has 0 saturated carbocycles. The molecule has 0 fully saturated rings. The second-order valence-corrected chi connectivity index (χ2v) is 3.21. The van der Waals surface area contributed by atoms with Gasteiger partial charge in [0.25, 0.3) is 0 Å². The zero-order valence-electron chi connectivity index (χ0n) is 9.84. The first kappa shape index (κ1) is 11.4. The Morgan fingerprint density at radius 2 is 2.06 bits per heavy atom. The predicted octanol–water partition coefficient (Wildman–Crippen LogP) is 2.53. The second-order valence-electron chi connectivity index (χ2n) is 3.21. The van der Waals surface area contributed by atoms with Gasteiger partial charge in [-0.2, -0.15) is 4.98 Å². The van der Waals surface area contributed by atoms with Crippen molar-refractivity contribution in [2.24, 2.45) is 0 Å². The second kappa shape index (κ2) is 5.34. The maximum Gasteiger partial charge on any atom is 0.319 e. The van der Waals surface area contributed by atoms with Gasteiger partial charge in [0.2, 0.25) is 5.88 Å². The van der Waals surface area contributed by atoms with Gasteiger partial charge in [-0.25, -0.2) is 4.98 Å². The number of hydrogen-bond donors (Lipinski definition) is 0. The zero-order chi connectivity index (χ0) is 12.1. The molecule has 0 bridgehead atoms. The Balaban J connectivity index is 2.37. The van der Waals surface area contributed by atoms with E-state index >= 15 is 0 Å². The number of hydrogen-bond acceptors (Lipinski definition) is 5. The van der Waals surface area contributed by atoms with Gasteiger partial charge in [-0.05, 0) is 26.0 Å². The highest BCUT2D eigenvalue weighted by Crippen LogP contribution is 2.29. The molecular formula is C12H14N2O3. The summed E-state index contributed by atoms with van der Waals surface area (Å²) in [5.74, 6) is 1.15. The van der Waals surface area contributed by atoms with Crippen molar-refractivity contribution in [3.63, 3.8) is 0 Å². The lowest BCUT2D eigenvalue weighted by atomic mass is 10.2. The standard InChI is InChI=1S/C12H14N2O3/c1-3-15-11-9(10-6-5-7-17-10)8-13-12(14-11)16-4-2/h5-8H,3-4H2,1-2H3. The van der Waals surface area contributed by atoms with E-state index in [1.165, 1.54) is 0 Å². The number of aromatic nitrogens is 2. The first-order chi connectivity index (χ1) is 8.35. The van der Waals surface area contributed by atoms with Crippen LogP contribution in [0.1, 0.15) is 13.8 Å². The molecule has 0 unspecified atom stereocenters. The van der Waals surface area contributed by atoms with E-state index in [4.69, 9.17) is 13.9 Å². The average Bonchev–Trinajstić information content (AvgIpc) is 2.84. The van der Waals surface area contributed by atoms with E-state index in [0.717, 1.165) is 5.56 Å². The SMILES string of the molecule is CCOc1ncc(-c2ccco2)c(OCC)n1. The summed E-state index contributed by atoms with van der Waals surface area (Å²) in [4.78, 5) is 8.29. The van der Waals surface area contributed by atoms with Crippen LogP contribution in [0.3, 0.4) is 0 Å². The smallest absolute Gasteiger partial charge is 0.319 e. The fourth-order valence-corrected chi connectivity index (χ4v) is 1.40. The van der Waals surface area contributed by atoms with Crippen LogP contribution >= 0.6 is 0 Å². The van der Waals surface area contributed by atoms with Crippen LogP contribution in [-0.4, -0.2) is 23.2 Å². The zero-order valence-corrected chi connectivity index (χ0v) is 9.84. The summed E-state index contributed by atoms with van der Waals surface area (Å²) in [5, 5.41) is 0. The van der Waals surface area contributed by atoms with Gasteiger partial charge in [0, 0.05) is 6.20 Å². The van der Waals surface area contributed by atoms with Crippen molar-refractivity contribution in [3.8, 4) is 23.2 Å².